The van der Waals surface area contributed by atoms with E-state index >= 15 is 0 Å². The second kappa shape index (κ2) is 8.61. The lowest BCUT2D eigenvalue weighted by Gasteiger charge is -2.06. The van der Waals surface area contributed by atoms with E-state index in [1.807, 2.05) is 31.2 Å². The van der Waals surface area contributed by atoms with Crippen molar-refractivity contribution in [3.8, 4) is 0 Å². The van der Waals surface area contributed by atoms with Crippen LogP contribution in [0.1, 0.15) is 10.6 Å². The van der Waals surface area contributed by atoms with Gasteiger partial charge in [-0.05, 0) is 42.8 Å². The van der Waals surface area contributed by atoms with Crippen molar-refractivity contribution in [2.45, 2.75) is 13.3 Å². The van der Waals surface area contributed by atoms with E-state index in [1.165, 1.54) is 0 Å². The molecular formula is C18H16ClN5O2S. The zero-order chi connectivity index (χ0) is 19.2. The molecule has 0 spiro atoms. The third kappa shape index (κ3) is 5.50. The number of halogens is 1. The Bertz CT molecular complexity index is 958. The largest absolute Gasteiger partial charge is 0.325 e. The first-order chi connectivity index (χ1) is 13.0. The van der Waals surface area contributed by atoms with Crippen molar-refractivity contribution >= 4 is 51.4 Å². The number of carbonyl (C=O) groups is 2. The fourth-order valence-electron chi connectivity index (χ4n) is 2.21. The molecule has 0 aliphatic carbocycles. The number of carbonyl (C=O) groups excluding carboxylic acids is 2. The fourth-order valence-corrected chi connectivity index (χ4v) is 3.07. The summed E-state index contributed by atoms with van der Waals surface area (Å²) in [4.78, 5) is 24.1. The number of aryl methyl sites for hydroxylation is 1. The van der Waals surface area contributed by atoms with E-state index in [9.17, 15) is 9.59 Å². The number of rotatable bonds is 5. The van der Waals surface area contributed by atoms with Crippen molar-refractivity contribution in [3.05, 3.63) is 64.1 Å². The monoisotopic (exact) mass is 401 g/mol. The highest BCUT2D eigenvalue weighted by Gasteiger charge is 2.12. The topological polar surface area (TPSA) is 96.0 Å². The van der Waals surface area contributed by atoms with Gasteiger partial charge in [-0.1, -0.05) is 41.1 Å². The standard InChI is InChI=1S/C18H16ClN5O2S/c1-11-4-2-3-5-14(11)21-15(25)10-16-23-24-18(27-16)22-17(26)20-13-8-6-12(19)7-9-13/h2-9H,10H2,1H3,(H,21,25)(H2,20,22,24,26). The van der Waals surface area contributed by atoms with Crippen molar-refractivity contribution in [2.75, 3.05) is 16.0 Å². The number of hydrogen-bond acceptors (Lipinski definition) is 5. The minimum Gasteiger partial charge on any atom is -0.325 e. The molecule has 0 aliphatic rings. The summed E-state index contributed by atoms with van der Waals surface area (Å²) in [5, 5.41) is 17.3. The molecule has 0 saturated heterocycles. The van der Waals surface area contributed by atoms with Crippen molar-refractivity contribution in [1.82, 2.24) is 10.2 Å². The van der Waals surface area contributed by atoms with E-state index in [1.54, 1.807) is 24.3 Å². The van der Waals surface area contributed by atoms with Crippen LogP contribution in [0.2, 0.25) is 5.02 Å². The summed E-state index contributed by atoms with van der Waals surface area (Å²) in [6.45, 7) is 1.92. The summed E-state index contributed by atoms with van der Waals surface area (Å²) in [5.41, 5.74) is 2.33. The normalized spacial score (nSPS) is 10.3. The first-order valence-electron chi connectivity index (χ1n) is 8.01. The fraction of sp³-hybridized carbons (Fsp3) is 0.111. The summed E-state index contributed by atoms with van der Waals surface area (Å²) < 4.78 is 0. The Morgan fingerprint density at radius 3 is 2.48 bits per heavy atom. The summed E-state index contributed by atoms with van der Waals surface area (Å²) in [6.07, 6.45) is 0.0759. The van der Waals surface area contributed by atoms with Gasteiger partial charge in [0.2, 0.25) is 11.0 Å². The van der Waals surface area contributed by atoms with Gasteiger partial charge in [0, 0.05) is 16.4 Å². The molecule has 27 heavy (non-hydrogen) atoms. The molecule has 2 aromatic carbocycles. The Kier molecular flexibility index (Phi) is 6.00. The van der Waals surface area contributed by atoms with Crippen LogP contribution in [0.4, 0.5) is 21.3 Å². The summed E-state index contributed by atoms with van der Waals surface area (Å²) in [5.74, 6) is -0.197. The predicted octanol–water partition coefficient (Wildman–Crippen LogP) is 4.33. The lowest BCUT2D eigenvalue weighted by atomic mass is 10.2. The van der Waals surface area contributed by atoms with Gasteiger partial charge in [0.15, 0.2) is 0 Å². The number of amides is 3. The van der Waals surface area contributed by atoms with Gasteiger partial charge in [-0.15, -0.1) is 10.2 Å². The van der Waals surface area contributed by atoms with Gasteiger partial charge < -0.3 is 10.6 Å². The zero-order valence-electron chi connectivity index (χ0n) is 14.3. The lowest BCUT2D eigenvalue weighted by molar-refractivity contribution is -0.115. The van der Waals surface area contributed by atoms with Crippen LogP contribution in [-0.2, 0) is 11.2 Å². The summed E-state index contributed by atoms with van der Waals surface area (Å²) >= 11 is 6.95. The van der Waals surface area contributed by atoms with Crippen molar-refractivity contribution in [2.24, 2.45) is 0 Å². The van der Waals surface area contributed by atoms with Gasteiger partial charge in [0.1, 0.15) is 5.01 Å². The first kappa shape index (κ1) is 18.8. The quantitative estimate of drug-likeness (QED) is 0.593. The number of para-hydroxylation sites is 1. The molecule has 9 heteroatoms. The van der Waals surface area contributed by atoms with Crippen LogP contribution in [0.3, 0.4) is 0 Å². The molecule has 0 unspecified atom stereocenters. The molecule has 138 valence electrons. The van der Waals surface area contributed by atoms with Gasteiger partial charge in [-0.25, -0.2) is 4.79 Å². The maximum atomic E-state index is 12.2. The lowest BCUT2D eigenvalue weighted by Crippen LogP contribution is -2.19. The number of benzene rings is 2. The van der Waals surface area contributed by atoms with Gasteiger partial charge in [-0.2, -0.15) is 0 Å². The van der Waals surface area contributed by atoms with E-state index in [-0.39, 0.29) is 12.3 Å². The van der Waals surface area contributed by atoms with Crippen LogP contribution in [0.15, 0.2) is 48.5 Å². The maximum absolute atomic E-state index is 12.2. The van der Waals surface area contributed by atoms with Gasteiger partial charge >= 0.3 is 6.03 Å². The van der Waals surface area contributed by atoms with Crippen LogP contribution in [-0.4, -0.2) is 22.1 Å². The van der Waals surface area contributed by atoms with Crippen LogP contribution in [0, 0.1) is 6.92 Å². The third-order valence-corrected chi connectivity index (χ3v) is 4.61. The smallest absolute Gasteiger partial charge is 0.325 e. The average molecular weight is 402 g/mol. The van der Waals surface area contributed by atoms with Gasteiger partial charge in [0.05, 0.1) is 6.42 Å². The molecule has 0 fully saturated rings. The highest BCUT2D eigenvalue weighted by atomic mass is 35.5. The molecule has 3 N–H and O–H groups in total. The average Bonchev–Trinajstić information content (AvgIpc) is 3.05. The molecule has 0 radical (unpaired) electrons. The van der Waals surface area contributed by atoms with Crippen LogP contribution in [0.25, 0.3) is 0 Å². The Labute approximate surface area is 164 Å². The zero-order valence-corrected chi connectivity index (χ0v) is 15.9. The Balaban J connectivity index is 1.53. The molecule has 3 rings (SSSR count). The van der Waals surface area contributed by atoms with Crippen molar-refractivity contribution in [3.63, 3.8) is 0 Å². The minimum atomic E-state index is -0.454. The van der Waals surface area contributed by atoms with Gasteiger partial charge in [-0.3, -0.25) is 10.1 Å². The highest BCUT2D eigenvalue weighted by molar-refractivity contribution is 7.15. The molecule has 0 aliphatic heterocycles. The molecule has 7 nitrogen and oxygen atoms in total. The van der Waals surface area contributed by atoms with E-state index in [0.717, 1.165) is 22.6 Å². The number of nitrogens with one attached hydrogen (secondary N) is 3. The molecule has 3 amide bonds. The molecule has 1 aromatic heterocycles. The van der Waals surface area contributed by atoms with Crippen molar-refractivity contribution < 1.29 is 9.59 Å². The number of urea groups is 1. The maximum Gasteiger partial charge on any atom is 0.325 e. The SMILES string of the molecule is Cc1ccccc1NC(=O)Cc1nnc(NC(=O)Nc2ccc(Cl)cc2)s1. The molecule has 0 bridgehead atoms. The second-order valence-corrected chi connectivity index (χ2v) is 7.13. The molecule has 1 heterocycles. The third-order valence-electron chi connectivity index (χ3n) is 3.52. The molecule has 3 aromatic rings. The number of aromatic nitrogens is 2. The molecule has 0 atom stereocenters. The van der Waals surface area contributed by atoms with Gasteiger partial charge in [0.25, 0.3) is 0 Å². The second-order valence-electron chi connectivity index (χ2n) is 5.63. The van der Waals surface area contributed by atoms with E-state index in [0.29, 0.717) is 20.8 Å². The Hall–Kier alpha value is -2.97. The van der Waals surface area contributed by atoms with E-state index < -0.39 is 6.03 Å². The predicted molar refractivity (Wildman–Crippen MR) is 108 cm³/mol. The van der Waals surface area contributed by atoms with Crippen LogP contribution in [0.5, 0.6) is 0 Å². The number of nitrogens with zero attached hydrogens (tertiary/aromatic N) is 2. The summed E-state index contributed by atoms with van der Waals surface area (Å²) in [6, 6.07) is 13.8. The van der Waals surface area contributed by atoms with Crippen LogP contribution < -0.4 is 16.0 Å². The number of anilines is 3. The molecule has 0 saturated carbocycles. The van der Waals surface area contributed by atoms with E-state index in [4.69, 9.17) is 11.6 Å². The van der Waals surface area contributed by atoms with E-state index in [2.05, 4.69) is 26.1 Å². The number of hydrogen-bond donors (Lipinski definition) is 3. The Morgan fingerprint density at radius 2 is 1.74 bits per heavy atom. The van der Waals surface area contributed by atoms with Crippen LogP contribution >= 0.6 is 22.9 Å². The summed E-state index contributed by atoms with van der Waals surface area (Å²) in [7, 11) is 0. The first-order valence-corrected chi connectivity index (χ1v) is 9.20. The van der Waals surface area contributed by atoms with Crippen molar-refractivity contribution in [1.29, 1.82) is 0 Å². The highest BCUT2D eigenvalue weighted by Crippen LogP contribution is 2.19. The minimum absolute atomic E-state index is 0.0759. The Morgan fingerprint density at radius 1 is 1.00 bits per heavy atom. The molecular weight excluding hydrogens is 386 g/mol.